The Kier molecular flexibility index (Phi) is 5.99. The number of benzene rings is 2. The lowest BCUT2D eigenvalue weighted by Crippen LogP contribution is -2.19. The summed E-state index contributed by atoms with van der Waals surface area (Å²) in [5.74, 6) is 0.561. The van der Waals surface area contributed by atoms with Crippen molar-refractivity contribution >= 4 is 22.6 Å². The van der Waals surface area contributed by atoms with E-state index >= 15 is 0 Å². The smallest absolute Gasteiger partial charge is 0.166 e. The molecule has 1 unspecified atom stereocenters. The lowest BCUT2D eigenvalue weighted by molar-refractivity contribution is 0.440. The quantitative estimate of drug-likeness (QED) is 0.668. The van der Waals surface area contributed by atoms with Crippen molar-refractivity contribution in [1.29, 1.82) is 0 Å². The molecule has 0 aliphatic heterocycles. The zero-order chi connectivity index (χ0) is 15.2. The van der Waals surface area contributed by atoms with Crippen LogP contribution in [-0.4, -0.2) is 6.54 Å². The molecule has 0 fully saturated rings. The summed E-state index contributed by atoms with van der Waals surface area (Å²) >= 11 is 2.20. The summed E-state index contributed by atoms with van der Waals surface area (Å²) in [4.78, 5) is 0. The topological polar surface area (TPSA) is 21.3 Å². The third kappa shape index (κ3) is 4.68. The van der Waals surface area contributed by atoms with Crippen LogP contribution in [0.4, 0.5) is 4.39 Å². The normalized spacial score (nSPS) is 12.2. The second-order valence-corrected chi connectivity index (χ2v) is 6.17. The maximum atomic E-state index is 14.2. The lowest BCUT2D eigenvalue weighted by atomic mass is 10.1. The second kappa shape index (κ2) is 7.75. The molecule has 4 heteroatoms. The summed E-state index contributed by atoms with van der Waals surface area (Å²) in [6, 6.07) is 12.8. The fraction of sp³-hybridized carbons (Fsp3) is 0.294. The molecule has 0 spiro atoms. The molecular weight excluding hydrogens is 380 g/mol. The van der Waals surface area contributed by atoms with Gasteiger partial charge in [0.15, 0.2) is 11.6 Å². The molecule has 0 aromatic heterocycles. The molecule has 2 nitrogen and oxygen atoms in total. The van der Waals surface area contributed by atoms with E-state index in [1.807, 2.05) is 37.3 Å². The highest BCUT2D eigenvalue weighted by atomic mass is 127. The first-order chi connectivity index (χ1) is 10.1. The Morgan fingerprint density at radius 1 is 1.24 bits per heavy atom. The molecule has 112 valence electrons. The average Bonchev–Trinajstić information content (AvgIpc) is 2.47. The monoisotopic (exact) mass is 399 g/mol. The lowest BCUT2D eigenvalue weighted by Gasteiger charge is -2.15. The highest BCUT2D eigenvalue weighted by molar-refractivity contribution is 14.1. The Morgan fingerprint density at radius 3 is 2.71 bits per heavy atom. The first kappa shape index (κ1) is 16.2. The molecule has 0 aliphatic rings. The van der Waals surface area contributed by atoms with Gasteiger partial charge in [0, 0.05) is 9.61 Å². The highest BCUT2D eigenvalue weighted by Gasteiger charge is 2.10. The maximum Gasteiger partial charge on any atom is 0.166 e. The van der Waals surface area contributed by atoms with Crippen molar-refractivity contribution in [2.45, 2.75) is 26.3 Å². The molecule has 2 rings (SSSR count). The van der Waals surface area contributed by atoms with Gasteiger partial charge in [-0.05, 0) is 78.4 Å². The molecule has 0 heterocycles. The van der Waals surface area contributed by atoms with Gasteiger partial charge < -0.3 is 10.1 Å². The van der Waals surface area contributed by atoms with Crippen LogP contribution in [-0.2, 0) is 0 Å². The molecule has 0 aliphatic carbocycles. The van der Waals surface area contributed by atoms with Crippen LogP contribution in [0.15, 0.2) is 42.5 Å². The molecule has 0 amide bonds. The Morgan fingerprint density at radius 2 is 2.05 bits per heavy atom. The fourth-order valence-electron chi connectivity index (χ4n) is 2.01. The van der Waals surface area contributed by atoms with Crippen molar-refractivity contribution in [3.8, 4) is 11.5 Å². The first-order valence-electron chi connectivity index (χ1n) is 7.06. The number of hydrogen-bond acceptors (Lipinski definition) is 2. The minimum absolute atomic E-state index is 0.131. The van der Waals surface area contributed by atoms with Crippen LogP contribution in [0.25, 0.3) is 0 Å². The third-order valence-electron chi connectivity index (χ3n) is 3.18. The van der Waals surface area contributed by atoms with Gasteiger partial charge in [0.1, 0.15) is 5.75 Å². The third-order valence-corrected chi connectivity index (χ3v) is 3.85. The molecule has 21 heavy (non-hydrogen) atoms. The van der Waals surface area contributed by atoms with Crippen molar-refractivity contribution in [1.82, 2.24) is 5.32 Å². The number of ether oxygens (including phenoxy) is 1. The summed E-state index contributed by atoms with van der Waals surface area (Å²) < 4.78 is 20.8. The molecule has 2 aromatic carbocycles. The summed E-state index contributed by atoms with van der Waals surface area (Å²) in [5.41, 5.74) is 0.927. The van der Waals surface area contributed by atoms with Crippen molar-refractivity contribution < 1.29 is 9.13 Å². The van der Waals surface area contributed by atoms with E-state index in [9.17, 15) is 4.39 Å². The standard InChI is InChI=1S/C17H19FINO/c1-3-9-20-12(2)13-7-8-17(16(18)10-13)21-15-6-4-5-14(19)11-15/h4-8,10-12,20H,3,9H2,1-2H3. The predicted molar refractivity (Wildman–Crippen MR) is 92.3 cm³/mol. The summed E-state index contributed by atoms with van der Waals surface area (Å²) in [6.07, 6.45) is 1.06. The first-order valence-corrected chi connectivity index (χ1v) is 8.14. The van der Waals surface area contributed by atoms with Gasteiger partial charge >= 0.3 is 0 Å². The minimum atomic E-state index is -0.337. The molecular formula is C17H19FINO. The molecule has 1 atom stereocenters. The van der Waals surface area contributed by atoms with E-state index in [-0.39, 0.29) is 17.6 Å². The van der Waals surface area contributed by atoms with E-state index in [1.165, 1.54) is 6.07 Å². The Balaban J connectivity index is 2.12. The van der Waals surface area contributed by atoms with Gasteiger partial charge in [-0.2, -0.15) is 0 Å². The van der Waals surface area contributed by atoms with Gasteiger partial charge in [-0.15, -0.1) is 0 Å². The molecule has 0 bridgehead atoms. The van der Waals surface area contributed by atoms with Crippen LogP contribution >= 0.6 is 22.6 Å². The Labute approximate surface area is 138 Å². The van der Waals surface area contributed by atoms with Gasteiger partial charge in [0.2, 0.25) is 0 Å². The number of nitrogens with one attached hydrogen (secondary N) is 1. The second-order valence-electron chi connectivity index (χ2n) is 4.93. The molecule has 1 N–H and O–H groups in total. The van der Waals surface area contributed by atoms with Crippen LogP contribution in [0.5, 0.6) is 11.5 Å². The summed E-state index contributed by atoms with van der Waals surface area (Å²) in [6.45, 7) is 5.06. The fourth-order valence-corrected chi connectivity index (χ4v) is 2.52. The Bertz CT molecular complexity index is 603. The van der Waals surface area contributed by atoms with Crippen LogP contribution < -0.4 is 10.1 Å². The molecule has 0 saturated heterocycles. The van der Waals surface area contributed by atoms with Gasteiger partial charge in [0.25, 0.3) is 0 Å². The molecule has 2 aromatic rings. The van der Waals surface area contributed by atoms with Crippen molar-refractivity contribution in [3.63, 3.8) is 0 Å². The summed E-state index contributed by atoms with van der Waals surface area (Å²) in [5, 5.41) is 3.34. The van der Waals surface area contributed by atoms with E-state index in [0.29, 0.717) is 5.75 Å². The predicted octanol–water partition coefficient (Wildman–Crippen LogP) is 5.28. The number of rotatable bonds is 6. The van der Waals surface area contributed by atoms with Gasteiger partial charge in [-0.3, -0.25) is 0 Å². The number of hydrogen-bond donors (Lipinski definition) is 1. The van der Waals surface area contributed by atoms with E-state index < -0.39 is 0 Å². The van der Waals surface area contributed by atoms with Gasteiger partial charge in [-0.25, -0.2) is 4.39 Å². The zero-order valence-electron chi connectivity index (χ0n) is 12.2. The van der Waals surface area contributed by atoms with E-state index in [1.54, 1.807) is 6.07 Å². The van der Waals surface area contributed by atoms with Crippen molar-refractivity contribution in [2.24, 2.45) is 0 Å². The highest BCUT2D eigenvalue weighted by Crippen LogP contribution is 2.27. The van der Waals surface area contributed by atoms with Crippen LogP contribution in [0.3, 0.4) is 0 Å². The van der Waals surface area contributed by atoms with E-state index in [2.05, 4.69) is 34.8 Å². The SMILES string of the molecule is CCCNC(C)c1ccc(Oc2cccc(I)c2)c(F)c1. The molecule has 0 radical (unpaired) electrons. The summed E-state index contributed by atoms with van der Waals surface area (Å²) in [7, 11) is 0. The van der Waals surface area contributed by atoms with Crippen LogP contribution in [0, 0.1) is 9.39 Å². The van der Waals surface area contributed by atoms with Crippen molar-refractivity contribution in [2.75, 3.05) is 6.54 Å². The van der Waals surface area contributed by atoms with Crippen molar-refractivity contribution in [3.05, 3.63) is 57.4 Å². The minimum Gasteiger partial charge on any atom is -0.454 e. The zero-order valence-corrected chi connectivity index (χ0v) is 14.4. The average molecular weight is 399 g/mol. The maximum absolute atomic E-state index is 14.2. The molecule has 0 saturated carbocycles. The van der Waals surface area contributed by atoms with Gasteiger partial charge in [-0.1, -0.05) is 19.1 Å². The van der Waals surface area contributed by atoms with Crippen LogP contribution in [0.2, 0.25) is 0 Å². The van der Waals surface area contributed by atoms with Gasteiger partial charge in [0.05, 0.1) is 0 Å². The van der Waals surface area contributed by atoms with E-state index in [0.717, 1.165) is 22.1 Å². The van der Waals surface area contributed by atoms with E-state index in [4.69, 9.17) is 4.74 Å². The Hall–Kier alpha value is -1.14. The number of halogens is 2. The largest absolute Gasteiger partial charge is 0.454 e. The van der Waals surface area contributed by atoms with Crippen LogP contribution in [0.1, 0.15) is 31.9 Å².